The maximum atomic E-state index is 12.6. The molecular weight excluding hydrogens is 372 g/mol. The molecule has 0 spiro atoms. The number of benzene rings is 2. The van der Waals surface area contributed by atoms with Gasteiger partial charge in [-0.25, -0.2) is 8.42 Å². The normalized spacial score (nSPS) is 12.9. The molecule has 0 saturated heterocycles. The Hall–Kier alpha value is -2.60. The predicted molar refractivity (Wildman–Crippen MR) is 115 cm³/mol. The van der Waals surface area contributed by atoms with Gasteiger partial charge in [0.2, 0.25) is 0 Å². The van der Waals surface area contributed by atoms with Crippen LogP contribution < -0.4 is 4.72 Å². The van der Waals surface area contributed by atoms with Crippen molar-refractivity contribution in [2.75, 3.05) is 11.8 Å². The van der Waals surface area contributed by atoms with Gasteiger partial charge in [0.25, 0.3) is 15.9 Å². The van der Waals surface area contributed by atoms with Gasteiger partial charge in [-0.1, -0.05) is 44.2 Å². The lowest BCUT2D eigenvalue weighted by atomic mass is 10.0. The average molecular weight is 401 g/mol. The Morgan fingerprint density at radius 3 is 2.21 bits per heavy atom. The molecule has 0 fully saturated rings. The third-order valence-corrected chi connectivity index (χ3v) is 5.44. The largest absolute Gasteiger partial charge is 0.339 e. The summed E-state index contributed by atoms with van der Waals surface area (Å²) in [4.78, 5) is 14.3. The van der Waals surface area contributed by atoms with Crippen LogP contribution in [0.4, 0.5) is 5.69 Å². The van der Waals surface area contributed by atoms with Crippen LogP contribution >= 0.6 is 0 Å². The standard InChI is InChI=1S/C22H28N2O3S/c1-17(2)16-18(3)24(4)22(25)20-10-12-21(13-11-20)23-28(26,27)15-14-19-8-6-5-7-9-19/h5-15,17-18,23H,16H2,1-4H3/b15-14+. The summed E-state index contributed by atoms with van der Waals surface area (Å²) in [6.07, 6.45) is 2.46. The van der Waals surface area contributed by atoms with Gasteiger partial charge in [-0.2, -0.15) is 0 Å². The minimum absolute atomic E-state index is 0.0773. The molecule has 150 valence electrons. The van der Waals surface area contributed by atoms with E-state index < -0.39 is 10.0 Å². The van der Waals surface area contributed by atoms with Gasteiger partial charge in [-0.05, 0) is 55.2 Å². The van der Waals surface area contributed by atoms with Crippen LogP contribution in [0.25, 0.3) is 6.08 Å². The molecule has 28 heavy (non-hydrogen) atoms. The Morgan fingerprint density at radius 2 is 1.64 bits per heavy atom. The average Bonchev–Trinajstić information content (AvgIpc) is 2.66. The zero-order valence-corrected chi connectivity index (χ0v) is 17.6. The lowest BCUT2D eigenvalue weighted by Crippen LogP contribution is -2.35. The van der Waals surface area contributed by atoms with Crippen LogP contribution in [0.3, 0.4) is 0 Å². The number of anilines is 1. The summed E-state index contributed by atoms with van der Waals surface area (Å²) in [5, 5.41) is 1.13. The molecule has 2 aromatic rings. The van der Waals surface area contributed by atoms with Crippen LogP contribution in [0, 0.1) is 5.92 Å². The smallest absolute Gasteiger partial charge is 0.255 e. The summed E-state index contributed by atoms with van der Waals surface area (Å²) in [6.45, 7) is 6.28. The molecule has 1 unspecified atom stereocenters. The predicted octanol–water partition coefficient (Wildman–Crippen LogP) is 4.61. The maximum absolute atomic E-state index is 12.6. The molecule has 0 heterocycles. The highest BCUT2D eigenvalue weighted by Gasteiger charge is 2.18. The third kappa shape index (κ3) is 6.53. The Labute approximate surface area is 168 Å². The molecule has 0 aliphatic heterocycles. The molecule has 1 amide bonds. The van der Waals surface area contributed by atoms with E-state index in [0.717, 1.165) is 17.4 Å². The van der Waals surface area contributed by atoms with Crippen molar-refractivity contribution in [1.82, 2.24) is 4.90 Å². The SMILES string of the molecule is CC(C)CC(C)N(C)C(=O)c1ccc(NS(=O)(=O)/C=C/c2ccccc2)cc1. The lowest BCUT2D eigenvalue weighted by Gasteiger charge is -2.26. The first kappa shape index (κ1) is 21.7. The van der Waals surface area contributed by atoms with Crippen LogP contribution in [0.1, 0.15) is 43.1 Å². The molecule has 0 aliphatic rings. The Morgan fingerprint density at radius 1 is 1.04 bits per heavy atom. The van der Waals surface area contributed by atoms with Gasteiger partial charge < -0.3 is 4.90 Å². The van der Waals surface area contributed by atoms with Gasteiger partial charge in [-0.3, -0.25) is 9.52 Å². The van der Waals surface area contributed by atoms with Crippen molar-refractivity contribution in [1.29, 1.82) is 0 Å². The van der Waals surface area contributed by atoms with E-state index in [0.29, 0.717) is 17.2 Å². The first-order valence-corrected chi connectivity index (χ1v) is 10.9. The first-order chi connectivity index (χ1) is 13.2. The minimum Gasteiger partial charge on any atom is -0.339 e. The number of sulfonamides is 1. The van der Waals surface area contributed by atoms with Crippen molar-refractivity contribution in [2.24, 2.45) is 5.92 Å². The molecular formula is C22H28N2O3S. The highest BCUT2D eigenvalue weighted by molar-refractivity contribution is 7.95. The fraction of sp³-hybridized carbons (Fsp3) is 0.318. The summed E-state index contributed by atoms with van der Waals surface area (Å²) < 4.78 is 26.9. The summed E-state index contributed by atoms with van der Waals surface area (Å²) >= 11 is 0. The molecule has 5 nitrogen and oxygen atoms in total. The van der Waals surface area contributed by atoms with Gasteiger partial charge in [0, 0.05) is 24.3 Å². The second kappa shape index (κ2) is 9.55. The van der Waals surface area contributed by atoms with E-state index in [4.69, 9.17) is 0 Å². The molecule has 0 aromatic heterocycles. The summed E-state index contributed by atoms with van der Waals surface area (Å²) in [6, 6.07) is 15.8. The monoisotopic (exact) mass is 400 g/mol. The van der Waals surface area contributed by atoms with Gasteiger partial charge in [0.05, 0.1) is 5.41 Å². The molecule has 0 bridgehead atoms. The van der Waals surface area contributed by atoms with Gasteiger partial charge in [0.1, 0.15) is 0 Å². The number of carbonyl (C=O) groups excluding carboxylic acids is 1. The molecule has 0 aliphatic carbocycles. The third-order valence-electron chi connectivity index (χ3n) is 4.43. The summed E-state index contributed by atoms with van der Waals surface area (Å²) in [7, 11) is -1.84. The fourth-order valence-electron chi connectivity index (χ4n) is 2.86. The van der Waals surface area contributed by atoms with Crippen LogP contribution in [0.15, 0.2) is 60.0 Å². The minimum atomic E-state index is -3.64. The molecule has 1 N–H and O–H groups in total. The second-order valence-electron chi connectivity index (χ2n) is 7.33. The molecule has 2 rings (SSSR count). The molecule has 0 saturated carbocycles. The van der Waals surface area contributed by atoms with Gasteiger partial charge in [-0.15, -0.1) is 0 Å². The van der Waals surface area contributed by atoms with Crippen molar-refractivity contribution in [3.8, 4) is 0 Å². The van der Waals surface area contributed by atoms with E-state index in [1.165, 1.54) is 6.08 Å². The molecule has 0 radical (unpaired) electrons. The Bertz CT molecular complexity index is 905. The molecule has 2 aromatic carbocycles. The Balaban J connectivity index is 2.03. The van der Waals surface area contributed by atoms with Crippen LogP contribution in [-0.2, 0) is 10.0 Å². The first-order valence-electron chi connectivity index (χ1n) is 9.31. The number of carbonyl (C=O) groups is 1. The van der Waals surface area contributed by atoms with Crippen molar-refractivity contribution >= 4 is 27.7 Å². The van der Waals surface area contributed by atoms with Crippen molar-refractivity contribution < 1.29 is 13.2 Å². The van der Waals surface area contributed by atoms with Crippen LogP contribution in [-0.4, -0.2) is 32.3 Å². The fourth-order valence-corrected chi connectivity index (χ4v) is 3.72. The van der Waals surface area contributed by atoms with Crippen LogP contribution in [0.5, 0.6) is 0 Å². The van der Waals surface area contributed by atoms with Gasteiger partial charge >= 0.3 is 0 Å². The van der Waals surface area contributed by atoms with E-state index in [9.17, 15) is 13.2 Å². The summed E-state index contributed by atoms with van der Waals surface area (Å²) in [5.41, 5.74) is 1.74. The summed E-state index contributed by atoms with van der Waals surface area (Å²) in [5.74, 6) is 0.428. The number of amides is 1. The topological polar surface area (TPSA) is 66.5 Å². The Kier molecular flexibility index (Phi) is 7.40. The van der Waals surface area contributed by atoms with E-state index in [2.05, 4.69) is 18.6 Å². The van der Waals surface area contributed by atoms with E-state index >= 15 is 0 Å². The molecule has 6 heteroatoms. The zero-order chi connectivity index (χ0) is 20.7. The van der Waals surface area contributed by atoms with Crippen LogP contribution in [0.2, 0.25) is 0 Å². The second-order valence-corrected chi connectivity index (χ2v) is 8.90. The van der Waals surface area contributed by atoms with E-state index in [1.807, 2.05) is 37.3 Å². The number of rotatable bonds is 8. The van der Waals surface area contributed by atoms with Crippen molar-refractivity contribution in [2.45, 2.75) is 33.2 Å². The highest BCUT2D eigenvalue weighted by atomic mass is 32.2. The highest BCUT2D eigenvalue weighted by Crippen LogP contribution is 2.16. The lowest BCUT2D eigenvalue weighted by molar-refractivity contribution is 0.0728. The maximum Gasteiger partial charge on any atom is 0.255 e. The zero-order valence-electron chi connectivity index (χ0n) is 16.8. The van der Waals surface area contributed by atoms with Gasteiger partial charge in [0.15, 0.2) is 0 Å². The number of nitrogens with one attached hydrogen (secondary N) is 1. The number of hydrogen-bond acceptors (Lipinski definition) is 3. The number of hydrogen-bond donors (Lipinski definition) is 1. The molecule has 1 atom stereocenters. The quantitative estimate of drug-likeness (QED) is 0.704. The van der Waals surface area contributed by atoms with Crippen molar-refractivity contribution in [3.63, 3.8) is 0 Å². The number of nitrogens with zero attached hydrogens (tertiary/aromatic N) is 1. The van der Waals surface area contributed by atoms with E-state index in [1.54, 1.807) is 36.2 Å². The van der Waals surface area contributed by atoms with E-state index in [-0.39, 0.29) is 11.9 Å². The van der Waals surface area contributed by atoms with Crippen molar-refractivity contribution in [3.05, 3.63) is 71.1 Å².